The van der Waals surface area contributed by atoms with Crippen molar-refractivity contribution in [3.63, 3.8) is 0 Å². The summed E-state index contributed by atoms with van der Waals surface area (Å²) in [5, 5.41) is 0.196. The number of hydrogen-bond acceptors (Lipinski definition) is 5. The summed E-state index contributed by atoms with van der Waals surface area (Å²) in [5.41, 5.74) is 8.11. The molecule has 3 unspecified atom stereocenters. The number of hydrogen-bond donors (Lipinski definition) is 1. The van der Waals surface area contributed by atoms with Gasteiger partial charge in [-0.25, -0.2) is 15.0 Å². The fraction of sp³-hybridized carbons (Fsp3) is 0.389. The number of benzene rings is 1. The van der Waals surface area contributed by atoms with Crippen molar-refractivity contribution in [3.05, 3.63) is 29.8 Å². The molecule has 25 heavy (non-hydrogen) atoms. The fourth-order valence-electron chi connectivity index (χ4n) is 3.97. The number of nitrogens with zero attached hydrogens (tertiary/aromatic N) is 3. The van der Waals surface area contributed by atoms with Crippen LogP contribution < -0.4 is 10.5 Å². The van der Waals surface area contributed by atoms with E-state index in [9.17, 15) is 4.79 Å². The van der Waals surface area contributed by atoms with Gasteiger partial charge in [-0.15, -0.1) is 0 Å². The second-order valence-electron chi connectivity index (χ2n) is 6.47. The predicted molar refractivity (Wildman–Crippen MR) is 101 cm³/mol. The number of rotatable bonds is 2. The van der Waals surface area contributed by atoms with Crippen molar-refractivity contribution in [1.29, 1.82) is 0 Å². The molecule has 2 heterocycles. The number of carbonyl (C=O) groups is 1. The van der Waals surface area contributed by atoms with Crippen LogP contribution in [0, 0.1) is 11.8 Å². The monoisotopic (exact) mass is 354 g/mol. The number of methoxy groups -OCH3 is 1. The molecule has 1 aromatic rings. The Labute approximate surface area is 150 Å². The van der Waals surface area contributed by atoms with Gasteiger partial charge in [0, 0.05) is 18.1 Å². The summed E-state index contributed by atoms with van der Waals surface area (Å²) in [7, 11) is 1.63. The highest BCUT2D eigenvalue weighted by molar-refractivity contribution is 7.80. The van der Waals surface area contributed by atoms with Crippen LogP contribution >= 0.6 is 12.2 Å². The lowest BCUT2D eigenvalue weighted by Gasteiger charge is -2.40. The second-order valence-corrected chi connectivity index (χ2v) is 6.83. The number of ether oxygens (including phenoxy) is 1. The zero-order valence-corrected chi connectivity index (χ0v) is 14.6. The third kappa shape index (κ3) is 2.68. The Morgan fingerprint density at radius 1 is 1.12 bits per heavy atom. The Morgan fingerprint density at radius 3 is 2.60 bits per heavy atom. The van der Waals surface area contributed by atoms with Crippen LogP contribution in [0.3, 0.4) is 0 Å². The first-order valence-electron chi connectivity index (χ1n) is 8.29. The van der Waals surface area contributed by atoms with Crippen LogP contribution in [0.2, 0.25) is 0 Å². The molecule has 1 saturated carbocycles. The number of ketones is 1. The number of thiocarbonyl (C=S) groups is 1. The largest absolute Gasteiger partial charge is 0.497 e. The number of carbonyl (C=O) groups excluding carboxylic acids is 1. The highest BCUT2D eigenvalue weighted by Crippen LogP contribution is 2.43. The first-order chi connectivity index (χ1) is 12.1. The minimum atomic E-state index is -0.323. The van der Waals surface area contributed by atoms with E-state index >= 15 is 0 Å². The summed E-state index contributed by atoms with van der Waals surface area (Å²) in [5.74, 6) is 1.20. The lowest BCUT2D eigenvalue weighted by atomic mass is 9.66. The number of fused-ring (bicyclic) bond motifs is 2. The van der Waals surface area contributed by atoms with E-state index in [2.05, 4.69) is 15.0 Å². The summed E-state index contributed by atoms with van der Waals surface area (Å²) in [6, 6.07) is 7.75. The van der Waals surface area contributed by atoms with Crippen LogP contribution in [0.4, 0.5) is 0 Å². The molecule has 1 aromatic carbocycles. The van der Waals surface area contributed by atoms with Crippen molar-refractivity contribution in [2.24, 2.45) is 32.5 Å². The minimum Gasteiger partial charge on any atom is -0.497 e. The Kier molecular flexibility index (Phi) is 3.95. The maximum Gasteiger partial charge on any atom is 0.222 e. The topological polar surface area (TPSA) is 89.4 Å². The third-order valence-electron chi connectivity index (χ3n) is 5.07. The van der Waals surface area contributed by atoms with Crippen LogP contribution in [-0.4, -0.2) is 35.4 Å². The fourth-order valence-corrected chi connectivity index (χ4v) is 4.17. The van der Waals surface area contributed by atoms with Crippen molar-refractivity contribution in [2.45, 2.75) is 25.2 Å². The SMILES string of the molecule is COc1ccc(C2C3C(=O)CCCC3=NC3=NC(=S)N=C(N)C32)cc1. The van der Waals surface area contributed by atoms with E-state index in [1.54, 1.807) is 7.11 Å². The zero-order valence-electron chi connectivity index (χ0n) is 13.8. The summed E-state index contributed by atoms with van der Waals surface area (Å²) >= 11 is 5.10. The summed E-state index contributed by atoms with van der Waals surface area (Å²) < 4.78 is 5.25. The molecular weight excluding hydrogens is 336 g/mol. The predicted octanol–water partition coefficient (Wildman–Crippen LogP) is 2.27. The van der Waals surface area contributed by atoms with Gasteiger partial charge in [0.05, 0.1) is 18.9 Å². The molecule has 128 valence electrons. The van der Waals surface area contributed by atoms with E-state index in [1.807, 2.05) is 24.3 Å². The Bertz CT molecular complexity index is 841. The second kappa shape index (κ2) is 6.15. The van der Waals surface area contributed by atoms with Gasteiger partial charge in [-0.1, -0.05) is 12.1 Å². The first-order valence-corrected chi connectivity index (χ1v) is 8.70. The van der Waals surface area contributed by atoms with E-state index in [1.165, 1.54) is 0 Å². The maximum absolute atomic E-state index is 12.7. The summed E-state index contributed by atoms with van der Waals surface area (Å²) in [4.78, 5) is 25.9. The molecule has 0 spiro atoms. The normalized spacial score (nSPS) is 28.4. The van der Waals surface area contributed by atoms with Gasteiger partial charge in [0.15, 0.2) is 0 Å². The van der Waals surface area contributed by atoms with Gasteiger partial charge in [0.25, 0.3) is 0 Å². The molecule has 0 bridgehead atoms. The molecule has 2 N–H and O–H groups in total. The Balaban J connectivity index is 1.86. The molecule has 6 nitrogen and oxygen atoms in total. The first kappa shape index (κ1) is 16.1. The van der Waals surface area contributed by atoms with Crippen molar-refractivity contribution < 1.29 is 9.53 Å². The van der Waals surface area contributed by atoms with E-state index in [0.29, 0.717) is 18.1 Å². The molecule has 3 atom stereocenters. The van der Waals surface area contributed by atoms with Crippen molar-refractivity contribution >= 4 is 40.5 Å². The molecule has 0 radical (unpaired) electrons. The lowest BCUT2D eigenvalue weighted by Crippen LogP contribution is -2.49. The van der Waals surface area contributed by atoms with Gasteiger partial charge in [0.1, 0.15) is 23.2 Å². The Hall–Kier alpha value is -2.41. The van der Waals surface area contributed by atoms with Crippen LogP contribution in [0.1, 0.15) is 30.7 Å². The molecule has 3 aliphatic rings. The smallest absolute Gasteiger partial charge is 0.222 e. The number of Topliss-reactive ketones (excluding diaryl/α,β-unsaturated/α-hetero) is 1. The van der Waals surface area contributed by atoms with Crippen LogP contribution in [0.5, 0.6) is 5.75 Å². The van der Waals surface area contributed by atoms with Crippen LogP contribution in [-0.2, 0) is 4.79 Å². The molecule has 0 aromatic heterocycles. The van der Waals surface area contributed by atoms with Crippen molar-refractivity contribution in [2.75, 3.05) is 7.11 Å². The molecule has 1 fully saturated rings. The molecule has 0 saturated heterocycles. The highest BCUT2D eigenvalue weighted by Gasteiger charge is 2.47. The lowest BCUT2D eigenvalue weighted by molar-refractivity contribution is -0.122. The van der Waals surface area contributed by atoms with Gasteiger partial charge in [-0.05, 0) is 42.8 Å². The van der Waals surface area contributed by atoms with E-state index in [-0.39, 0.29) is 28.6 Å². The minimum absolute atomic E-state index is 0.156. The van der Waals surface area contributed by atoms with Crippen molar-refractivity contribution in [3.8, 4) is 5.75 Å². The average molecular weight is 354 g/mol. The average Bonchev–Trinajstić information content (AvgIpc) is 2.60. The van der Waals surface area contributed by atoms with Gasteiger partial charge in [-0.3, -0.25) is 4.79 Å². The number of amidine groups is 2. The zero-order chi connectivity index (χ0) is 17.6. The van der Waals surface area contributed by atoms with Gasteiger partial charge in [-0.2, -0.15) is 0 Å². The molecule has 7 heteroatoms. The van der Waals surface area contributed by atoms with Gasteiger partial charge < -0.3 is 10.5 Å². The quantitative estimate of drug-likeness (QED) is 0.825. The van der Waals surface area contributed by atoms with Crippen LogP contribution in [0.15, 0.2) is 39.2 Å². The van der Waals surface area contributed by atoms with Gasteiger partial charge in [0.2, 0.25) is 5.11 Å². The standard InChI is InChI=1S/C18H18N4O2S/c1-24-10-7-5-9(6-8-10)13-14-11(3-2-4-12(14)23)20-17-15(13)16(19)21-18(25)22-17/h5-8,13-15H,2-4H2,1H3,(H2,19,21,25). The molecule has 0 amide bonds. The third-order valence-corrected chi connectivity index (χ3v) is 5.25. The molecule has 4 rings (SSSR count). The highest BCUT2D eigenvalue weighted by atomic mass is 32.1. The van der Waals surface area contributed by atoms with E-state index in [0.717, 1.165) is 29.9 Å². The van der Waals surface area contributed by atoms with E-state index < -0.39 is 0 Å². The Morgan fingerprint density at radius 2 is 1.88 bits per heavy atom. The van der Waals surface area contributed by atoms with Gasteiger partial charge >= 0.3 is 0 Å². The maximum atomic E-state index is 12.7. The van der Waals surface area contributed by atoms with E-state index in [4.69, 9.17) is 22.7 Å². The molecule has 1 aliphatic carbocycles. The molecule has 2 aliphatic heterocycles. The summed E-state index contributed by atoms with van der Waals surface area (Å²) in [6.45, 7) is 0. The number of nitrogens with two attached hydrogens (primary N) is 1. The number of aliphatic imine (C=N–C) groups is 3. The summed E-state index contributed by atoms with van der Waals surface area (Å²) in [6.07, 6.45) is 2.21. The van der Waals surface area contributed by atoms with Crippen molar-refractivity contribution in [1.82, 2.24) is 0 Å². The molecular formula is C18H18N4O2S. The van der Waals surface area contributed by atoms with Crippen LogP contribution in [0.25, 0.3) is 0 Å².